The number of carboxylic acids is 1. The van der Waals surface area contributed by atoms with Gasteiger partial charge in [0, 0.05) is 23.6 Å². The Balaban J connectivity index is 3.24. The Kier molecular flexibility index (Phi) is 5.17. The van der Waals surface area contributed by atoms with E-state index in [0.717, 1.165) is 22.4 Å². The minimum atomic E-state index is -0.830. The van der Waals surface area contributed by atoms with Gasteiger partial charge in [0.05, 0.1) is 7.11 Å². The van der Waals surface area contributed by atoms with Gasteiger partial charge in [0.15, 0.2) is 0 Å². The van der Waals surface area contributed by atoms with Gasteiger partial charge in [0.1, 0.15) is 5.75 Å². The molecule has 0 saturated carbocycles. The molecule has 3 N–H and O–H groups in total. The minimum Gasteiger partial charge on any atom is -0.496 e. The highest BCUT2D eigenvalue weighted by atomic mass is 16.5. The molecule has 0 saturated heterocycles. The van der Waals surface area contributed by atoms with Crippen LogP contribution in [0, 0.1) is 6.92 Å². The number of aryl methyl sites for hydroxylation is 1. The molecule has 1 atom stereocenters. The fraction of sp³-hybridized carbons (Fsp3) is 0.562. The van der Waals surface area contributed by atoms with Crippen molar-refractivity contribution in [2.75, 3.05) is 7.11 Å². The molecule has 0 aliphatic rings. The molecule has 0 aromatic heterocycles. The van der Waals surface area contributed by atoms with Crippen molar-refractivity contribution in [3.63, 3.8) is 0 Å². The molecule has 1 aromatic carbocycles. The quantitative estimate of drug-likeness (QED) is 0.868. The molecule has 0 spiro atoms. The van der Waals surface area contributed by atoms with Crippen LogP contribution in [0.4, 0.5) is 0 Å². The SMILES string of the molecule is COc1c(C(N)CCC(=O)O)cc(C)cc1C(C)(C)C. The van der Waals surface area contributed by atoms with E-state index in [4.69, 9.17) is 15.6 Å². The van der Waals surface area contributed by atoms with Gasteiger partial charge in [-0.1, -0.05) is 38.5 Å². The third-order valence-electron chi connectivity index (χ3n) is 3.34. The van der Waals surface area contributed by atoms with Crippen LogP contribution in [0.3, 0.4) is 0 Å². The van der Waals surface area contributed by atoms with E-state index < -0.39 is 5.97 Å². The summed E-state index contributed by atoms with van der Waals surface area (Å²) in [4.78, 5) is 10.7. The standard InChI is InChI=1S/C16H25NO3/c1-10-8-11(13(17)6-7-14(18)19)15(20-5)12(9-10)16(2,3)4/h8-9,13H,6-7,17H2,1-5H3,(H,18,19). The minimum absolute atomic E-state index is 0.0569. The zero-order chi connectivity index (χ0) is 15.5. The molecule has 1 aromatic rings. The monoisotopic (exact) mass is 279 g/mol. The molecule has 20 heavy (non-hydrogen) atoms. The van der Waals surface area contributed by atoms with Gasteiger partial charge in [0.2, 0.25) is 0 Å². The zero-order valence-corrected chi connectivity index (χ0v) is 13.0. The number of carbonyl (C=O) groups is 1. The maximum absolute atomic E-state index is 10.7. The van der Waals surface area contributed by atoms with Crippen LogP contribution in [0.25, 0.3) is 0 Å². The van der Waals surface area contributed by atoms with Crippen molar-refractivity contribution >= 4 is 5.97 Å². The van der Waals surface area contributed by atoms with Crippen molar-refractivity contribution in [3.8, 4) is 5.75 Å². The summed E-state index contributed by atoms with van der Waals surface area (Å²) in [5.74, 6) is -0.0518. The van der Waals surface area contributed by atoms with E-state index in [1.54, 1.807) is 7.11 Å². The summed E-state index contributed by atoms with van der Waals surface area (Å²) in [5, 5.41) is 8.79. The van der Waals surface area contributed by atoms with E-state index >= 15 is 0 Å². The summed E-state index contributed by atoms with van der Waals surface area (Å²) in [6.07, 6.45) is 0.460. The molecule has 1 rings (SSSR count). The van der Waals surface area contributed by atoms with Crippen LogP contribution in [0.1, 0.15) is 56.3 Å². The number of hydrogen-bond acceptors (Lipinski definition) is 3. The van der Waals surface area contributed by atoms with Gasteiger partial charge >= 0.3 is 5.97 Å². The van der Waals surface area contributed by atoms with Gasteiger partial charge in [-0.15, -0.1) is 0 Å². The lowest BCUT2D eigenvalue weighted by molar-refractivity contribution is -0.137. The van der Waals surface area contributed by atoms with Crippen molar-refractivity contribution in [3.05, 3.63) is 28.8 Å². The fourth-order valence-electron chi connectivity index (χ4n) is 2.30. The van der Waals surface area contributed by atoms with E-state index in [1.165, 1.54) is 0 Å². The maximum Gasteiger partial charge on any atom is 0.303 e. The van der Waals surface area contributed by atoms with Gasteiger partial charge < -0.3 is 15.6 Å². The third kappa shape index (κ3) is 3.97. The molecular weight excluding hydrogens is 254 g/mol. The Labute approximate surface area is 120 Å². The zero-order valence-electron chi connectivity index (χ0n) is 13.0. The van der Waals surface area contributed by atoms with Crippen LogP contribution in [-0.4, -0.2) is 18.2 Å². The average molecular weight is 279 g/mol. The van der Waals surface area contributed by atoms with Crippen molar-refractivity contribution in [1.29, 1.82) is 0 Å². The first kappa shape index (κ1) is 16.5. The van der Waals surface area contributed by atoms with Crippen LogP contribution in [-0.2, 0) is 10.2 Å². The van der Waals surface area contributed by atoms with Crippen LogP contribution < -0.4 is 10.5 Å². The molecule has 112 valence electrons. The predicted molar refractivity (Wildman–Crippen MR) is 80.2 cm³/mol. The lowest BCUT2D eigenvalue weighted by Crippen LogP contribution is -2.18. The molecule has 0 radical (unpaired) electrons. The van der Waals surface area contributed by atoms with Gasteiger partial charge in [-0.05, 0) is 18.8 Å². The van der Waals surface area contributed by atoms with Gasteiger partial charge in [-0.2, -0.15) is 0 Å². The second-order valence-electron chi connectivity index (χ2n) is 6.22. The summed E-state index contributed by atoms with van der Waals surface area (Å²) >= 11 is 0. The topological polar surface area (TPSA) is 72.5 Å². The normalized spacial score (nSPS) is 13.1. The van der Waals surface area contributed by atoms with Gasteiger partial charge in [-0.3, -0.25) is 4.79 Å². The first-order valence-corrected chi connectivity index (χ1v) is 6.83. The molecule has 0 heterocycles. The smallest absolute Gasteiger partial charge is 0.303 e. The maximum atomic E-state index is 10.7. The Morgan fingerprint density at radius 1 is 1.40 bits per heavy atom. The summed E-state index contributed by atoms with van der Waals surface area (Å²) < 4.78 is 5.56. The van der Waals surface area contributed by atoms with Gasteiger partial charge in [0.25, 0.3) is 0 Å². The Hall–Kier alpha value is -1.55. The number of hydrogen-bond donors (Lipinski definition) is 2. The van der Waals surface area contributed by atoms with Crippen molar-refractivity contribution < 1.29 is 14.6 Å². The average Bonchev–Trinajstić information content (AvgIpc) is 2.33. The first-order chi connectivity index (χ1) is 9.16. The van der Waals surface area contributed by atoms with Crippen LogP contribution in [0.2, 0.25) is 0 Å². The highest BCUT2D eigenvalue weighted by molar-refractivity contribution is 5.66. The largest absolute Gasteiger partial charge is 0.496 e. The Morgan fingerprint density at radius 2 is 2.00 bits per heavy atom. The van der Waals surface area contributed by atoms with E-state index in [-0.39, 0.29) is 17.9 Å². The van der Waals surface area contributed by atoms with E-state index in [9.17, 15) is 4.79 Å². The number of methoxy groups -OCH3 is 1. The van der Waals surface area contributed by atoms with Crippen LogP contribution in [0.5, 0.6) is 5.75 Å². The van der Waals surface area contributed by atoms with Crippen molar-refractivity contribution in [2.45, 2.75) is 52.0 Å². The van der Waals surface area contributed by atoms with Crippen LogP contribution in [0.15, 0.2) is 12.1 Å². The van der Waals surface area contributed by atoms with Crippen molar-refractivity contribution in [1.82, 2.24) is 0 Å². The number of benzene rings is 1. The Morgan fingerprint density at radius 3 is 2.45 bits per heavy atom. The van der Waals surface area contributed by atoms with Gasteiger partial charge in [-0.25, -0.2) is 0 Å². The molecule has 0 bridgehead atoms. The molecular formula is C16H25NO3. The number of rotatable bonds is 5. The fourth-order valence-corrected chi connectivity index (χ4v) is 2.30. The third-order valence-corrected chi connectivity index (χ3v) is 3.34. The molecule has 0 amide bonds. The number of nitrogens with two attached hydrogens (primary N) is 1. The molecule has 0 aliphatic heterocycles. The van der Waals surface area contributed by atoms with E-state index in [2.05, 4.69) is 26.8 Å². The summed E-state index contributed by atoms with van der Waals surface area (Å²) in [7, 11) is 1.63. The lowest BCUT2D eigenvalue weighted by Gasteiger charge is -2.26. The summed E-state index contributed by atoms with van der Waals surface area (Å²) in [6.45, 7) is 8.38. The molecule has 0 fully saturated rings. The molecule has 4 heteroatoms. The molecule has 4 nitrogen and oxygen atoms in total. The highest BCUT2D eigenvalue weighted by Gasteiger charge is 2.24. The first-order valence-electron chi connectivity index (χ1n) is 6.83. The van der Waals surface area contributed by atoms with Crippen molar-refractivity contribution in [2.24, 2.45) is 5.73 Å². The lowest BCUT2D eigenvalue weighted by atomic mass is 9.83. The Bertz CT molecular complexity index is 489. The summed E-state index contributed by atoms with van der Waals surface area (Å²) in [6, 6.07) is 3.76. The van der Waals surface area contributed by atoms with Crippen LogP contribution >= 0.6 is 0 Å². The molecule has 0 aliphatic carbocycles. The number of carboxylic acid groups (broad SMARTS) is 1. The second kappa shape index (κ2) is 6.27. The van der Waals surface area contributed by atoms with E-state index in [0.29, 0.717) is 6.42 Å². The van der Waals surface area contributed by atoms with E-state index in [1.807, 2.05) is 13.0 Å². The number of aliphatic carboxylic acids is 1. The highest BCUT2D eigenvalue weighted by Crippen LogP contribution is 2.38. The second-order valence-corrected chi connectivity index (χ2v) is 6.22. The number of ether oxygens (including phenoxy) is 1. The molecule has 1 unspecified atom stereocenters. The summed E-state index contributed by atoms with van der Waals surface area (Å²) in [5.41, 5.74) is 9.19. The predicted octanol–water partition coefficient (Wildman–Crippen LogP) is 3.17.